The van der Waals surface area contributed by atoms with Gasteiger partial charge in [0.2, 0.25) is 0 Å². The molecule has 1 amide bonds. The van der Waals surface area contributed by atoms with Gasteiger partial charge in [-0.05, 0) is 18.2 Å². The van der Waals surface area contributed by atoms with Crippen LogP contribution in [0.25, 0.3) is 0 Å². The zero-order valence-electron chi connectivity index (χ0n) is 12.2. The molecule has 1 heterocycles. The summed E-state index contributed by atoms with van der Waals surface area (Å²) >= 11 is 5.99. The van der Waals surface area contributed by atoms with Crippen molar-refractivity contribution in [2.75, 3.05) is 24.8 Å². The monoisotopic (exact) mass is 332 g/mol. The fourth-order valence-electron chi connectivity index (χ4n) is 1.74. The van der Waals surface area contributed by atoms with Crippen LogP contribution in [0.4, 0.5) is 11.5 Å². The molecule has 0 unspecified atom stereocenters. The number of nitrogen functional groups attached to an aromatic ring is 1. The maximum atomic E-state index is 11.5. The Morgan fingerprint density at radius 2 is 2.26 bits per heavy atom. The van der Waals surface area contributed by atoms with Gasteiger partial charge < -0.3 is 20.5 Å². The number of nitrogens with one attached hydrogen (secondary N) is 1. The number of carbonyl (C=O) groups is 1. The third kappa shape index (κ3) is 4.10. The van der Waals surface area contributed by atoms with Crippen molar-refractivity contribution in [1.82, 2.24) is 4.98 Å². The van der Waals surface area contributed by atoms with E-state index < -0.39 is 0 Å². The Morgan fingerprint density at radius 1 is 1.48 bits per heavy atom. The van der Waals surface area contributed by atoms with E-state index in [1.54, 1.807) is 18.2 Å². The fraction of sp³-hybridized carbons (Fsp3) is 0.133. The number of nitriles is 1. The molecule has 0 saturated carbocycles. The van der Waals surface area contributed by atoms with Crippen LogP contribution >= 0.6 is 11.6 Å². The molecular formula is C15H13ClN4O3. The average Bonchev–Trinajstić information content (AvgIpc) is 2.52. The lowest BCUT2D eigenvalue weighted by Crippen LogP contribution is -2.17. The number of hydrogen-bond acceptors (Lipinski definition) is 6. The summed E-state index contributed by atoms with van der Waals surface area (Å²) in [6, 6.07) is 8.13. The molecule has 0 aliphatic rings. The van der Waals surface area contributed by atoms with Crippen LogP contribution in [0, 0.1) is 11.3 Å². The van der Waals surface area contributed by atoms with Crippen LogP contribution in [0.2, 0.25) is 5.02 Å². The Morgan fingerprint density at radius 3 is 2.96 bits per heavy atom. The standard InChI is InChI=1S/C15H13ClN4O3/c1-22-8-14(21)20-13-6-9(4-5-19-13)23-12-3-2-11(18)15(16)10(12)7-17/h2-6H,8,18H2,1H3,(H,19,20,21). The number of methoxy groups -OCH3 is 1. The van der Waals surface area contributed by atoms with Gasteiger partial charge in [-0.1, -0.05) is 11.6 Å². The van der Waals surface area contributed by atoms with Gasteiger partial charge in [-0.3, -0.25) is 4.79 Å². The van der Waals surface area contributed by atoms with Gasteiger partial charge in [-0.25, -0.2) is 4.98 Å². The Kier molecular flexibility index (Phi) is 5.36. The van der Waals surface area contributed by atoms with Crippen molar-refractivity contribution in [3.8, 4) is 17.6 Å². The molecule has 0 aliphatic heterocycles. The first-order valence-electron chi connectivity index (χ1n) is 6.46. The molecule has 0 aliphatic carbocycles. The predicted molar refractivity (Wildman–Crippen MR) is 85.4 cm³/mol. The molecule has 0 radical (unpaired) electrons. The molecule has 0 atom stereocenters. The van der Waals surface area contributed by atoms with Crippen LogP contribution in [0.5, 0.6) is 11.5 Å². The smallest absolute Gasteiger partial charge is 0.251 e. The minimum absolute atomic E-state index is 0.0844. The third-order valence-electron chi connectivity index (χ3n) is 2.75. The van der Waals surface area contributed by atoms with E-state index in [2.05, 4.69) is 10.3 Å². The van der Waals surface area contributed by atoms with Gasteiger partial charge >= 0.3 is 0 Å². The second-order valence-corrected chi connectivity index (χ2v) is 4.79. The van der Waals surface area contributed by atoms with Crippen molar-refractivity contribution in [2.24, 2.45) is 0 Å². The summed E-state index contributed by atoms with van der Waals surface area (Å²) in [7, 11) is 1.42. The molecule has 2 aromatic rings. The molecular weight excluding hydrogens is 320 g/mol. The van der Waals surface area contributed by atoms with E-state index in [1.807, 2.05) is 6.07 Å². The van der Waals surface area contributed by atoms with Crippen LogP contribution in [0.15, 0.2) is 30.5 Å². The second kappa shape index (κ2) is 7.45. The Hall–Kier alpha value is -2.82. The Labute approximate surface area is 137 Å². The normalized spacial score (nSPS) is 9.96. The van der Waals surface area contributed by atoms with E-state index in [9.17, 15) is 10.1 Å². The van der Waals surface area contributed by atoms with Gasteiger partial charge in [-0.15, -0.1) is 0 Å². The molecule has 23 heavy (non-hydrogen) atoms. The second-order valence-electron chi connectivity index (χ2n) is 4.41. The van der Waals surface area contributed by atoms with E-state index in [-0.39, 0.29) is 34.5 Å². The molecule has 1 aromatic carbocycles. The summed E-state index contributed by atoms with van der Waals surface area (Å²) in [5.41, 5.74) is 6.08. The number of aromatic nitrogens is 1. The zero-order valence-corrected chi connectivity index (χ0v) is 12.9. The van der Waals surface area contributed by atoms with Crippen molar-refractivity contribution in [3.63, 3.8) is 0 Å². The Balaban J connectivity index is 2.23. The molecule has 0 saturated heterocycles. The summed E-state index contributed by atoms with van der Waals surface area (Å²) < 4.78 is 10.4. The molecule has 0 bridgehead atoms. The van der Waals surface area contributed by atoms with E-state index >= 15 is 0 Å². The van der Waals surface area contributed by atoms with Crippen molar-refractivity contribution < 1.29 is 14.3 Å². The molecule has 1 aromatic heterocycles. The van der Waals surface area contributed by atoms with E-state index in [4.69, 9.17) is 26.8 Å². The zero-order chi connectivity index (χ0) is 16.8. The summed E-state index contributed by atoms with van der Waals surface area (Å²) in [6.45, 7) is -0.0844. The van der Waals surface area contributed by atoms with Crippen molar-refractivity contribution in [2.45, 2.75) is 0 Å². The van der Waals surface area contributed by atoms with Crippen LogP contribution in [-0.4, -0.2) is 24.6 Å². The first kappa shape index (κ1) is 16.5. The van der Waals surface area contributed by atoms with Gasteiger partial charge in [0.15, 0.2) is 0 Å². The third-order valence-corrected chi connectivity index (χ3v) is 3.15. The highest BCUT2D eigenvalue weighted by molar-refractivity contribution is 6.34. The maximum Gasteiger partial charge on any atom is 0.251 e. The number of anilines is 2. The number of ether oxygens (including phenoxy) is 2. The largest absolute Gasteiger partial charge is 0.456 e. The topological polar surface area (TPSA) is 110 Å². The van der Waals surface area contributed by atoms with E-state index in [0.29, 0.717) is 11.6 Å². The molecule has 0 spiro atoms. The minimum Gasteiger partial charge on any atom is -0.456 e. The molecule has 7 nitrogen and oxygen atoms in total. The summed E-state index contributed by atoms with van der Waals surface area (Å²) in [6.07, 6.45) is 1.46. The highest BCUT2D eigenvalue weighted by atomic mass is 35.5. The number of nitrogens with zero attached hydrogens (tertiary/aromatic N) is 2. The lowest BCUT2D eigenvalue weighted by molar-refractivity contribution is -0.119. The lowest BCUT2D eigenvalue weighted by atomic mass is 10.2. The molecule has 8 heteroatoms. The molecule has 0 fully saturated rings. The molecule has 3 N–H and O–H groups in total. The van der Waals surface area contributed by atoms with Gasteiger partial charge in [0.05, 0.1) is 10.7 Å². The predicted octanol–water partition coefficient (Wildman–Crippen LogP) is 2.57. The average molecular weight is 333 g/mol. The lowest BCUT2D eigenvalue weighted by Gasteiger charge is -2.11. The van der Waals surface area contributed by atoms with Crippen LogP contribution in [-0.2, 0) is 9.53 Å². The van der Waals surface area contributed by atoms with Crippen LogP contribution < -0.4 is 15.8 Å². The van der Waals surface area contributed by atoms with Gasteiger partial charge in [0.1, 0.15) is 35.6 Å². The summed E-state index contributed by atoms with van der Waals surface area (Å²) in [5.74, 6) is 0.590. The quantitative estimate of drug-likeness (QED) is 0.814. The SMILES string of the molecule is COCC(=O)Nc1cc(Oc2ccc(N)c(Cl)c2C#N)ccn1. The first-order chi connectivity index (χ1) is 11.0. The number of hydrogen-bond donors (Lipinski definition) is 2. The highest BCUT2D eigenvalue weighted by Crippen LogP contribution is 2.33. The number of pyridine rings is 1. The Bertz CT molecular complexity index is 774. The number of halogens is 1. The molecule has 118 valence electrons. The van der Waals surface area contributed by atoms with E-state index in [0.717, 1.165) is 0 Å². The number of rotatable bonds is 5. The van der Waals surface area contributed by atoms with Gasteiger partial charge in [0, 0.05) is 19.4 Å². The van der Waals surface area contributed by atoms with Crippen molar-refractivity contribution >= 4 is 29.0 Å². The van der Waals surface area contributed by atoms with Crippen molar-refractivity contribution in [1.29, 1.82) is 5.26 Å². The number of benzene rings is 1. The first-order valence-corrected chi connectivity index (χ1v) is 6.83. The summed E-state index contributed by atoms with van der Waals surface area (Å²) in [4.78, 5) is 15.5. The van der Waals surface area contributed by atoms with Gasteiger partial charge in [-0.2, -0.15) is 5.26 Å². The fourth-order valence-corrected chi connectivity index (χ4v) is 1.94. The van der Waals surface area contributed by atoms with E-state index in [1.165, 1.54) is 19.4 Å². The molecule has 2 rings (SSSR count). The summed E-state index contributed by atoms with van der Waals surface area (Å²) in [5, 5.41) is 11.9. The number of carbonyl (C=O) groups excluding carboxylic acids is 1. The maximum absolute atomic E-state index is 11.5. The number of nitrogens with two attached hydrogens (primary N) is 1. The van der Waals surface area contributed by atoms with Crippen LogP contribution in [0.3, 0.4) is 0 Å². The van der Waals surface area contributed by atoms with Crippen LogP contribution in [0.1, 0.15) is 5.56 Å². The van der Waals surface area contributed by atoms with Crippen molar-refractivity contribution in [3.05, 3.63) is 41.0 Å². The highest BCUT2D eigenvalue weighted by Gasteiger charge is 2.12. The van der Waals surface area contributed by atoms with Gasteiger partial charge in [0.25, 0.3) is 5.91 Å². The number of amides is 1. The minimum atomic E-state index is -0.342.